The standard InChI is InChI=1S/C27H33N5O4.C23H25N5O2.C22H22N4O2.C18H21ClN2O2/c1-27(2,3)22-10-11-23(31(14-16-35-4)25(33)20-8-6-12-28-18-20)30-24(22)32(15-17-36-5)26(34)21-9-7-13-29-19-21;1-23(2,3)18-10-11-19(27(4)21(29)16-8-6-12-24-14-16)26-20(18)28(5)22(30)17-9-7-13-25-15-17;1-22(2,3)18-11-12-19(24-15-18)26(21(28)16-8-5-4-6-9-16)25-20(27)17-10-7-13-23-14-17;1-13(2)15-11-16(19)20-17(12-15)21(9-10-23-3)18(22)14-7-5-4-6-8-14/h6-13,18-19H,14-17H2,1-5H3;6-15H,1-5H3;4-15H,1-3H3,(H,25,27);4-8,11-13H,9-10H2,1-3H3. The Morgan fingerprint density at radius 2 is 0.769 bits per heavy atom. The highest BCUT2D eigenvalue weighted by molar-refractivity contribution is 6.29. The monoisotopic (exact) mass is 1600 g/mol. The summed E-state index contributed by atoms with van der Waals surface area (Å²) in [7, 11) is 8.10. The molecule has 7 amide bonds. The van der Waals surface area contributed by atoms with Gasteiger partial charge in [-0.05, 0) is 149 Å². The van der Waals surface area contributed by atoms with Gasteiger partial charge in [-0.3, -0.25) is 88.4 Å². The van der Waals surface area contributed by atoms with Crippen LogP contribution in [-0.2, 0) is 30.5 Å². The fourth-order valence-corrected chi connectivity index (χ4v) is 11.7. The number of pyridine rings is 9. The third kappa shape index (κ3) is 25.1. The number of methoxy groups -OCH3 is 3. The zero-order valence-corrected chi connectivity index (χ0v) is 69.8. The van der Waals surface area contributed by atoms with Crippen LogP contribution < -0.4 is 34.9 Å². The number of anilines is 6. The third-order valence-electron chi connectivity index (χ3n) is 18.0. The van der Waals surface area contributed by atoms with Crippen LogP contribution in [0.3, 0.4) is 0 Å². The number of carbonyl (C=O) groups is 7. The molecule has 0 fully saturated rings. The van der Waals surface area contributed by atoms with Gasteiger partial charge in [-0.1, -0.05) is 142 Å². The maximum Gasteiger partial charge on any atom is 0.278 e. The van der Waals surface area contributed by atoms with Crippen molar-refractivity contribution >= 4 is 87.9 Å². The number of nitrogens with zero attached hydrogens (tertiary/aromatic N) is 15. The Labute approximate surface area is 689 Å². The van der Waals surface area contributed by atoms with Crippen LogP contribution in [0.1, 0.15) is 177 Å². The summed E-state index contributed by atoms with van der Waals surface area (Å²) in [6, 6.07) is 49.7. The Hall–Kier alpha value is -12.8. The molecule has 0 radical (unpaired) electrons. The number of hydrogen-bond donors (Lipinski definition) is 1. The molecule has 0 aliphatic carbocycles. The van der Waals surface area contributed by atoms with Gasteiger partial charge in [0, 0.05) is 126 Å². The second-order valence-corrected chi connectivity index (χ2v) is 30.5. The predicted octanol–water partition coefficient (Wildman–Crippen LogP) is 15.4. The summed E-state index contributed by atoms with van der Waals surface area (Å²) in [5.41, 5.74) is 9.01. The van der Waals surface area contributed by atoms with Crippen LogP contribution in [-0.4, -0.2) is 161 Å². The molecule has 9 aromatic heterocycles. The Morgan fingerprint density at radius 3 is 1.20 bits per heavy atom. The molecule has 1 N–H and O–H groups in total. The number of ether oxygens (including phenoxy) is 3. The summed E-state index contributed by atoms with van der Waals surface area (Å²) in [6.07, 6.45) is 17.3. The van der Waals surface area contributed by atoms with Crippen LogP contribution in [0.2, 0.25) is 5.15 Å². The third-order valence-corrected chi connectivity index (χ3v) is 18.2. The quantitative estimate of drug-likeness (QED) is 0.0459. The Balaban J connectivity index is 0.000000197. The van der Waals surface area contributed by atoms with E-state index in [1.807, 2.05) is 54.6 Å². The van der Waals surface area contributed by atoms with E-state index in [1.165, 1.54) is 40.8 Å². The molecular formula is C90H101ClN16O10. The van der Waals surface area contributed by atoms with Gasteiger partial charge in [-0.15, -0.1) is 0 Å². The summed E-state index contributed by atoms with van der Waals surface area (Å²) in [5, 5.41) is 1.55. The maximum atomic E-state index is 13.6. The molecule has 0 bridgehead atoms. The summed E-state index contributed by atoms with van der Waals surface area (Å²) in [4.78, 5) is 138. The van der Waals surface area contributed by atoms with Crippen molar-refractivity contribution in [3.63, 3.8) is 0 Å². The molecular weight excluding hydrogens is 1500 g/mol. The minimum Gasteiger partial charge on any atom is -0.383 e. The van der Waals surface area contributed by atoms with Crippen LogP contribution in [0.25, 0.3) is 0 Å². The fourth-order valence-electron chi connectivity index (χ4n) is 11.5. The lowest BCUT2D eigenvalue weighted by Crippen LogP contribution is -2.47. The van der Waals surface area contributed by atoms with Crippen LogP contribution in [0, 0.1) is 0 Å². The summed E-state index contributed by atoms with van der Waals surface area (Å²) >= 11 is 6.14. The van der Waals surface area contributed by atoms with Gasteiger partial charge >= 0.3 is 0 Å². The minimum absolute atomic E-state index is 0.0707. The first-order valence-corrected chi connectivity index (χ1v) is 38.2. The summed E-state index contributed by atoms with van der Waals surface area (Å²) < 4.78 is 15.7. The Kier molecular flexibility index (Phi) is 32.7. The van der Waals surface area contributed by atoms with E-state index in [-0.39, 0.29) is 64.8 Å². The lowest BCUT2D eigenvalue weighted by Gasteiger charge is -2.31. The topological polar surface area (TPSA) is 295 Å². The number of amides is 7. The molecule has 0 saturated heterocycles. The Bertz CT molecular complexity index is 5070. The smallest absolute Gasteiger partial charge is 0.278 e. The molecule has 117 heavy (non-hydrogen) atoms. The van der Waals surface area contributed by atoms with Gasteiger partial charge in [0.15, 0.2) is 5.82 Å². The number of nitrogens with one attached hydrogen (secondary N) is 1. The zero-order chi connectivity index (χ0) is 85.0. The molecule has 0 saturated carbocycles. The fraction of sp³-hybridized carbons (Fsp3) is 0.289. The van der Waals surface area contributed by atoms with E-state index < -0.39 is 5.91 Å². The second kappa shape index (κ2) is 42.6. The van der Waals surface area contributed by atoms with E-state index >= 15 is 0 Å². The lowest BCUT2D eigenvalue weighted by atomic mass is 9.87. The molecule has 9 heterocycles. The summed E-state index contributed by atoms with van der Waals surface area (Å²) in [5.74, 6) is 1.08. The largest absolute Gasteiger partial charge is 0.383 e. The van der Waals surface area contributed by atoms with Crippen molar-refractivity contribution in [2.75, 3.05) is 104 Å². The van der Waals surface area contributed by atoms with Crippen LogP contribution >= 0.6 is 11.6 Å². The minimum atomic E-state index is -0.445. The van der Waals surface area contributed by atoms with Crippen molar-refractivity contribution in [2.24, 2.45) is 0 Å². The van der Waals surface area contributed by atoms with Crippen LogP contribution in [0.15, 0.2) is 238 Å². The van der Waals surface area contributed by atoms with Gasteiger partial charge in [-0.25, -0.2) is 19.9 Å². The molecule has 0 spiro atoms. The van der Waals surface area contributed by atoms with E-state index in [2.05, 4.69) is 116 Å². The lowest BCUT2D eigenvalue weighted by molar-refractivity contribution is 0.0886. The number of halogens is 1. The van der Waals surface area contributed by atoms with E-state index in [9.17, 15) is 33.6 Å². The number of rotatable bonds is 23. The van der Waals surface area contributed by atoms with Gasteiger partial charge in [0.2, 0.25) is 0 Å². The first-order chi connectivity index (χ1) is 55.9. The van der Waals surface area contributed by atoms with E-state index in [0.717, 1.165) is 27.3 Å². The molecule has 11 rings (SSSR count). The molecule has 0 aliphatic rings. The van der Waals surface area contributed by atoms with Crippen molar-refractivity contribution in [3.05, 3.63) is 304 Å². The first kappa shape index (κ1) is 89.8. The molecule has 2 aromatic carbocycles. The second-order valence-electron chi connectivity index (χ2n) is 30.1. The van der Waals surface area contributed by atoms with E-state index in [4.69, 9.17) is 35.8 Å². The first-order valence-electron chi connectivity index (χ1n) is 37.8. The van der Waals surface area contributed by atoms with Crippen molar-refractivity contribution in [1.82, 2.24) is 50.3 Å². The van der Waals surface area contributed by atoms with Crippen LogP contribution in [0.5, 0.6) is 0 Å². The number of hydrazine groups is 1. The predicted molar refractivity (Wildman–Crippen MR) is 457 cm³/mol. The van der Waals surface area contributed by atoms with Gasteiger partial charge in [0.05, 0.1) is 67.3 Å². The van der Waals surface area contributed by atoms with E-state index in [1.54, 1.807) is 203 Å². The molecule has 0 unspecified atom stereocenters. The highest BCUT2D eigenvalue weighted by atomic mass is 35.5. The highest BCUT2D eigenvalue weighted by Gasteiger charge is 2.32. The van der Waals surface area contributed by atoms with Gasteiger partial charge in [0.1, 0.15) is 34.2 Å². The molecule has 0 atom stereocenters. The van der Waals surface area contributed by atoms with Crippen LogP contribution in [0.4, 0.5) is 34.9 Å². The maximum absolute atomic E-state index is 13.6. The van der Waals surface area contributed by atoms with Gasteiger partial charge < -0.3 is 14.2 Å². The van der Waals surface area contributed by atoms with Crippen molar-refractivity contribution in [3.8, 4) is 0 Å². The highest BCUT2D eigenvalue weighted by Crippen LogP contribution is 2.36. The average molecular weight is 1600 g/mol. The van der Waals surface area contributed by atoms with E-state index in [0.29, 0.717) is 111 Å². The van der Waals surface area contributed by atoms with Gasteiger partial charge in [0.25, 0.3) is 41.4 Å². The molecule has 27 heteroatoms. The normalized spacial score (nSPS) is 11.1. The van der Waals surface area contributed by atoms with Crippen molar-refractivity contribution in [2.45, 2.75) is 98.3 Å². The molecule has 11 aromatic rings. The number of benzene rings is 2. The molecule has 0 aliphatic heterocycles. The van der Waals surface area contributed by atoms with Crippen molar-refractivity contribution < 1.29 is 47.8 Å². The average Bonchev–Trinajstić information content (AvgIpc) is 0.780. The number of aromatic nitrogens is 9. The number of carbonyl (C=O) groups excluding carboxylic acids is 7. The summed E-state index contributed by atoms with van der Waals surface area (Å²) in [6.45, 7) is 24.7. The zero-order valence-electron chi connectivity index (χ0n) is 69.0. The molecule has 26 nitrogen and oxygen atoms in total. The van der Waals surface area contributed by atoms with Gasteiger partial charge in [-0.2, -0.15) is 5.01 Å². The molecule has 608 valence electrons. The number of hydrogen-bond acceptors (Lipinski definition) is 19. The Morgan fingerprint density at radius 1 is 0.385 bits per heavy atom. The SMILES string of the molecule is CC(C)(C)c1ccc(N(NC(=O)c2cccnc2)C(=O)c2ccccc2)nc1.CN(C(=O)c1cccnc1)c1ccc(C(C)(C)C)c(N(C)C(=O)c2cccnc2)n1.COCCN(C(=O)c1ccccc1)c1cc(C(C)C)cc(Cl)n1.COCCN(C(=O)c1cccnc1)c1ccc(C(C)(C)C)c(N(CCOC)C(=O)c2cccnc2)n1. The van der Waals surface area contributed by atoms with Crippen molar-refractivity contribution in [1.29, 1.82) is 0 Å².